The van der Waals surface area contributed by atoms with Crippen LogP contribution in [-0.2, 0) is 4.79 Å². The molecule has 0 saturated carbocycles. The molecule has 1 N–H and O–H groups in total. The molecule has 4 heteroatoms. The second kappa shape index (κ2) is 7.19. The number of fused-ring (bicyclic) bond motifs is 1. The van der Waals surface area contributed by atoms with Crippen LogP contribution in [0.15, 0.2) is 52.9 Å². The predicted molar refractivity (Wildman–Crippen MR) is 104 cm³/mol. The zero-order valence-corrected chi connectivity index (χ0v) is 15.3. The highest BCUT2D eigenvalue weighted by molar-refractivity contribution is 7.98. The maximum Gasteiger partial charge on any atom is 0.307 e. The van der Waals surface area contributed by atoms with Crippen molar-refractivity contribution in [3.05, 3.63) is 64.7 Å². The van der Waals surface area contributed by atoms with Crippen LogP contribution in [0.25, 0.3) is 17.2 Å². The minimum atomic E-state index is -0.825. The lowest BCUT2D eigenvalue weighted by Gasteiger charge is -2.07. The molecule has 0 aromatic heterocycles. The van der Waals surface area contributed by atoms with E-state index in [0.29, 0.717) is 0 Å². The maximum atomic E-state index is 11.3. The Morgan fingerprint density at radius 1 is 1.16 bits per heavy atom. The Morgan fingerprint density at radius 3 is 2.48 bits per heavy atom. The van der Waals surface area contributed by atoms with Crippen molar-refractivity contribution in [1.29, 1.82) is 0 Å². The van der Waals surface area contributed by atoms with Gasteiger partial charge in [0.25, 0.3) is 0 Å². The van der Waals surface area contributed by atoms with Gasteiger partial charge in [-0.25, -0.2) is 0 Å². The predicted octanol–water partition coefficient (Wildman–Crippen LogP) is 5.22. The summed E-state index contributed by atoms with van der Waals surface area (Å²) in [5.74, 6) is -0.0892. The molecule has 1 aliphatic rings. The minimum Gasteiger partial charge on any atom is -0.497 e. The van der Waals surface area contributed by atoms with E-state index in [2.05, 4.69) is 36.6 Å². The molecular weight excluding hydrogens is 332 g/mol. The number of rotatable bonds is 5. The molecule has 1 aliphatic carbocycles. The molecule has 3 rings (SSSR count). The van der Waals surface area contributed by atoms with Crippen LogP contribution >= 0.6 is 11.8 Å². The first-order chi connectivity index (χ1) is 12.0. The molecule has 0 atom stereocenters. The first kappa shape index (κ1) is 17.4. The van der Waals surface area contributed by atoms with Crippen LogP contribution in [0.3, 0.4) is 0 Å². The summed E-state index contributed by atoms with van der Waals surface area (Å²) in [4.78, 5) is 12.5. The summed E-state index contributed by atoms with van der Waals surface area (Å²) in [5.41, 5.74) is 6.05. The average Bonchev–Trinajstić information content (AvgIpc) is 2.87. The number of allylic oxidation sites excluding steroid dienone is 2. The van der Waals surface area contributed by atoms with Gasteiger partial charge in [-0.3, -0.25) is 4.79 Å². The lowest BCUT2D eigenvalue weighted by molar-refractivity contribution is -0.135. The molecule has 0 bridgehead atoms. The Kier molecular flexibility index (Phi) is 5.00. The largest absolute Gasteiger partial charge is 0.497 e. The Bertz CT molecular complexity index is 877. The molecule has 0 fully saturated rings. The van der Waals surface area contributed by atoms with Crippen molar-refractivity contribution < 1.29 is 14.6 Å². The van der Waals surface area contributed by atoms with E-state index in [9.17, 15) is 9.90 Å². The molecule has 25 heavy (non-hydrogen) atoms. The quantitative estimate of drug-likeness (QED) is 0.750. The summed E-state index contributed by atoms with van der Waals surface area (Å²) in [5, 5.41) is 9.29. The van der Waals surface area contributed by atoms with Crippen molar-refractivity contribution >= 4 is 35.0 Å². The van der Waals surface area contributed by atoms with E-state index >= 15 is 0 Å². The Balaban J connectivity index is 2.11. The van der Waals surface area contributed by atoms with Gasteiger partial charge >= 0.3 is 5.97 Å². The normalized spacial score (nSPS) is 14.8. The van der Waals surface area contributed by atoms with Crippen LogP contribution in [-0.4, -0.2) is 24.4 Å². The van der Waals surface area contributed by atoms with E-state index in [0.717, 1.165) is 39.2 Å². The van der Waals surface area contributed by atoms with Gasteiger partial charge in [0, 0.05) is 4.90 Å². The van der Waals surface area contributed by atoms with Crippen LogP contribution in [0.4, 0.5) is 0 Å². The minimum absolute atomic E-state index is 0.00868. The number of aliphatic carboxylic acids is 1. The monoisotopic (exact) mass is 352 g/mol. The van der Waals surface area contributed by atoms with Gasteiger partial charge in [0.2, 0.25) is 0 Å². The maximum absolute atomic E-state index is 11.3. The zero-order valence-electron chi connectivity index (χ0n) is 14.5. The molecule has 0 aliphatic heterocycles. The second-order valence-electron chi connectivity index (χ2n) is 5.92. The Morgan fingerprint density at radius 2 is 1.88 bits per heavy atom. The summed E-state index contributed by atoms with van der Waals surface area (Å²) >= 11 is 1.71. The third kappa shape index (κ3) is 3.49. The summed E-state index contributed by atoms with van der Waals surface area (Å²) in [6, 6.07) is 14.2. The van der Waals surface area contributed by atoms with Crippen molar-refractivity contribution in [2.75, 3.05) is 13.4 Å². The Labute approximate surface area is 152 Å². The number of carbonyl (C=O) groups is 1. The number of hydrogen-bond acceptors (Lipinski definition) is 3. The van der Waals surface area contributed by atoms with Gasteiger partial charge in [0.05, 0.1) is 13.5 Å². The lowest BCUT2D eigenvalue weighted by Crippen LogP contribution is -1.97. The van der Waals surface area contributed by atoms with Crippen LogP contribution < -0.4 is 4.74 Å². The van der Waals surface area contributed by atoms with Crippen LogP contribution in [0.5, 0.6) is 5.75 Å². The lowest BCUT2D eigenvalue weighted by atomic mass is 10.0. The number of thioether (sulfide) groups is 1. The molecule has 0 spiro atoms. The van der Waals surface area contributed by atoms with Crippen LogP contribution in [0.2, 0.25) is 0 Å². The van der Waals surface area contributed by atoms with E-state index in [1.807, 2.05) is 25.1 Å². The molecular formula is C21H20O3S. The highest BCUT2D eigenvalue weighted by Crippen LogP contribution is 2.44. The number of carboxylic acids is 1. The topological polar surface area (TPSA) is 46.5 Å². The summed E-state index contributed by atoms with van der Waals surface area (Å²) in [6.07, 6.45) is 4.19. The second-order valence-corrected chi connectivity index (χ2v) is 6.80. The van der Waals surface area contributed by atoms with Gasteiger partial charge in [-0.05, 0) is 76.9 Å². The van der Waals surface area contributed by atoms with Gasteiger partial charge in [0.15, 0.2) is 0 Å². The average molecular weight is 352 g/mol. The molecule has 2 aromatic rings. The van der Waals surface area contributed by atoms with Gasteiger partial charge in [-0.2, -0.15) is 0 Å². The molecule has 2 aromatic carbocycles. The molecule has 0 unspecified atom stereocenters. The summed E-state index contributed by atoms with van der Waals surface area (Å²) in [6.45, 7) is 1.99. The van der Waals surface area contributed by atoms with E-state index in [1.54, 1.807) is 18.9 Å². The molecule has 0 heterocycles. The third-order valence-electron chi connectivity index (χ3n) is 4.45. The van der Waals surface area contributed by atoms with Crippen molar-refractivity contribution in [2.24, 2.45) is 0 Å². The first-order valence-electron chi connectivity index (χ1n) is 8.00. The van der Waals surface area contributed by atoms with Crippen molar-refractivity contribution in [3.63, 3.8) is 0 Å². The van der Waals surface area contributed by atoms with E-state index in [4.69, 9.17) is 4.74 Å². The third-order valence-corrected chi connectivity index (χ3v) is 5.20. The highest BCUT2D eigenvalue weighted by Gasteiger charge is 2.25. The van der Waals surface area contributed by atoms with E-state index in [1.165, 1.54) is 4.90 Å². The van der Waals surface area contributed by atoms with Crippen LogP contribution in [0.1, 0.15) is 30.0 Å². The fourth-order valence-corrected chi connectivity index (χ4v) is 3.54. The number of ether oxygens (including phenoxy) is 1. The molecule has 3 nitrogen and oxygen atoms in total. The SMILES string of the molecule is COc1ccc2c(c1)C(CC(=O)O)=C(C)/C2=C/c1ccc(SC)cc1. The fourth-order valence-electron chi connectivity index (χ4n) is 3.13. The van der Waals surface area contributed by atoms with Gasteiger partial charge in [0.1, 0.15) is 5.75 Å². The van der Waals surface area contributed by atoms with Crippen molar-refractivity contribution in [3.8, 4) is 5.75 Å². The number of methoxy groups -OCH3 is 1. The first-order valence-corrected chi connectivity index (χ1v) is 9.22. The number of hydrogen-bond donors (Lipinski definition) is 1. The number of carboxylic acid groups (broad SMARTS) is 1. The van der Waals surface area contributed by atoms with Gasteiger partial charge in [-0.15, -0.1) is 11.8 Å². The van der Waals surface area contributed by atoms with Crippen LogP contribution in [0, 0.1) is 0 Å². The number of benzene rings is 2. The molecule has 128 valence electrons. The Hall–Kier alpha value is -2.46. The van der Waals surface area contributed by atoms with Gasteiger partial charge in [-0.1, -0.05) is 18.2 Å². The zero-order chi connectivity index (χ0) is 18.0. The standard InChI is InChI=1S/C21H20O3S/c1-13-18(10-14-4-7-16(25-3)8-5-14)17-9-6-15(24-2)11-20(17)19(13)12-21(22)23/h4-11H,12H2,1-3H3,(H,22,23)/b18-10-. The van der Waals surface area contributed by atoms with E-state index in [-0.39, 0.29) is 6.42 Å². The molecule has 0 radical (unpaired) electrons. The van der Waals surface area contributed by atoms with Crippen molar-refractivity contribution in [2.45, 2.75) is 18.2 Å². The summed E-state index contributed by atoms with van der Waals surface area (Å²) < 4.78 is 5.32. The summed E-state index contributed by atoms with van der Waals surface area (Å²) in [7, 11) is 1.62. The molecule has 0 saturated heterocycles. The van der Waals surface area contributed by atoms with Gasteiger partial charge < -0.3 is 9.84 Å². The highest BCUT2D eigenvalue weighted by atomic mass is 32.2. The smallest absolute Gasteiger partial charge is 0.307 e. The molecule has 0 amide bonds. The van der Waals surface area contributed by atoms with E-state index < -0.39 is 5.97 Å². The van der Waals surface area contributed by atoms with Crippen molar-refractivity contribution in [1.82, 2.24) is 0 Å². The fraction of sp³-hybridized carbons (Fsp3) is 0.190.